The monoisotopic (exact) mass is 328 g/mol. The van der Waals surface area contributed by atoms with Crippen molar-refractivity contribution in [1.29, 1.82) is 0 Å². The molecule has 1 aromatic heterocycles. The quantitative estimate of drug-likeness (QED) is 0.837. The average molecular weight is 329 g/mol. The number of rotatable bonds is 2. The fraction of sp³-hybridized carbons (Fsp3) is 0.700. The van der Waals surface area contributed by atoms with Crippen LogP contribution in [0.15, 0.2) is 10.7 Å². The lowest BCUT2D eigenvalue weighted by molar-refractivity contribution is -0.144. The van der Waals surface area contributed by atoms with Crippen LogP contribution in [0.4, 0.5) is 13.2 Å². The van der Waals surface area contributed by atoms with E-state index in [1.165, 1.54) is 10.9 Å². The molecule has 18 heavy (non-hydrogen) atoms. The molecule has 2 heterocycles. The zero-order valence-electron chi connectivity index (χ0n) is 9.79. The number of hydrogen-bond donors (Lipinski definition) is 0. The van der Waals surface area contributed by atoms with Gasteiger partial charge in [-0.1, -0.05) is 0 Å². The molecule has 0 spiro atoms. The van der Waals surface area contributed by atoms with Gasteiger partial charge in [0.1, 0.15) is 6.10 Å². The molecule has 1 aliphatic rings. The summed E-state index contributed by atoms with van der Waals surface area (Å²) >= 11 is 2.85. The molecule has 1 fully saturated rings. The summed E-state index contributed by atoms with van der Waals surface area (Å²) in [6, 6.07) is 0. The van der Waals surface area contributed by atoms with E-state index in [4.69, 9.17) is 9.47 Å². The summed E-state index contributed by atoms with van der Waals surface area (Å²) < 4.78 is 49.6. The number of hydrogen-bond acceptors (Lipinski definition) is 3. The predicted octanol–water partition coefficient (Wildman–Crippen LogP) is 2.82. The molecule has 1 aliphatic heterocycles. The molecule has 0 aliphatic carbocycles. The second-order valence-electron chi connectivity index (χ2n) is 4.50. The van der Waals surface area contributed by atoms with Crippen LogP contribution < -0.4 is 0 Å². The van der Waals surface area contributed by atoms with Gasteiger partial charge in [0.2, 0.25) is 0 Å². The normalized spacial score (nSPS) is 23.6. The van der Waals surface area contributed by atoms with Crippen LogP contribution >= 0.6 is 15.9 Å². The molecule has 1 unspecified atom stereocenters. The molecule has 0 radical (unpaired) electrons. The van der Waals surface area contributed by atoms with Crippen LogP contribution in [-0.2, 0) is 22.2 Å². The summed E-state index contributed by atoms with van der Waals surface area (Å²) in [6.45, 7) is 4.07. The summed E-state index contributed by atoms with van der Waals surface area (Å²) in [6.07, 6.45) is -3.47. The van der Waals surface area contributed by atoms with E-state index in [-0.39, 0.29) is 17.1 Å². The smallest absolute Gasteiger partial charge is 0.348 e. The summed E-state index contributed by atoms with van der Waals surface area (Å²) in [4.78, 5) is 0. The molecule has 0 bridgehead atoms. The molecular weight excluding hydrogens is 317 g/mol. The molecule has 102 valence electrons. The van der Waals surface area contributed by atoms with Crippen LogP contribution in [0.1, 0.15) is 19.5 Å². The van der Waals surface area contributed by atoms with Gasteiger partial charge >= 0.3 is 6.18 Å². The van der Waals surface area contributed by atoms with Crippen molar-refractivity contribution >= 4 is 15.9 Å². The molecule has 1 aromatic rings. The van der Waals surface area contributed by atoms with Crippen LogP contribution in [0.5, 0.6) is 0 Å². The third-order valence-corrected chi connectivity index (χ3v) is 3.02. The first-order chi connectivity index (χ1) is 8.17. The van der Waals surface area contributed by atoms with Crippen molar-refractivity contribution in [2.75, 3.05) is 6.61 Å². The van der Waals surface area contributed by atoms with Gasteiger partial charge < -0.3 is 9.47 Å². The van der Waals surface area contributed by atoms with E-state index in [0.717, 1.165) is 0 Å². The molecule has 8 heteroatoms. The standard InChI is InChI=1S/C10H12BrF3N2O2/c1-9(2)17-5-6(18-9)3-16-4-7(11)8(15-16)10(12,13)14/h4,6H,3,5H2,1-2H3. The van der Waals surface area contributed by atoms with Gasteiger partial charge in [-0.25, -0.2) is 0 Å². The zero-order valence-corrected chi connectivity index (χ0v) is 11.4. The minimum Gasteiger partial charge on any atom is -0.348 e. The van der Waals surface area contributed by atoms with E-state index in [1.807, 2.05) is 0 Å². The van der Waals surface area contributed by atoms with E-state index in [2.05, 4.69) is 21.0 Å². The SMILES string of the molecule is CC1(C)OCC(Cn2cc(Br)c(C(F)(F)F)n2)O1. The maximum atomic E-state index is 12.5. The lowest BCUT2D eigenvalue weighted by Gasteiger charge is -2.16. The minimum absolute atomic E-state index is 0.0758. The van der Waals surface area contributed by atoms with Gasteiger partial charge in [-0.05, 0) is 29.8 Å². The number of nitrogens with zero attached hydrogens (tertiary/aromatic N) is 2. The largest absolute Gasteiger partial charge is 0.436 e. The molecule has 2 rings (SSSR count). The second kappa shape index (κ2) is 4.50. The Kier molecular flexibility index (Phi) is 3.46. The van der Waals surface area contributed by atoms with E-state index < -0.39 is 17.7 Å². The fourth-order valence-corrected chi connectivity index (χ4v) is 2.28. The van der Waals surface area contributed by atoms with Gasteiger partial charge in [0.25, 0.3) is 0 Å². The highest BCUT2D eigenvalue weighted by atomic mass is 79.9. The molecule has 0 N–H and O–H groups in total. The lowest BCUT2D eigenvalue weighted by atomic mass is 10.4. The Bertz CT molecular complexity index is 445. The van der Waals surface area contributed by atoms with E-state index in [0.29, 0.717) is 6.61 Å². The van der Waals surface area contributed by atoms with Gasteiger partial charge in [0, 0.05) is 6.20 Å². The third-order valence-electron chi connectivity index (χ3n) is 2.44. The van der Waals surface area contributed by atoms with Crippen molar-refractivity contribution in [3.05, 3.63) is 16.4 Å². The first-order valence-corrected chi connectivity index (χ1v) is 6.08. The Morgan fingerprint density at radius 3 is 2.67 bits per heavy atom. The highest BCUT2D eigenvalue weighted by Crippen LogP contribution is 2.33. The van der Waals surface area contributed by atoms with E-state index in [1.54, 1.807) is 13.8 Å². The summed E-state index contributed by atoms with van der Waals surface area (Å²) in [5, 5.41) is 3.50. The summed E-state index contributed by atoms with van der Waals surface area (Å²) in [7, 11) is 0. The second-order valence-corrected chi connectivity index (χ2v) is 5.35. The number of ether oxygens (including phenoxy) is 2. The molecule has 4 nitrogen and oxygen atoms in total. The summed E-state index contributed by atoms with van der Waals surface area (Å²) in [5.74, 6) is -0.693. The van der Waals surface area contributed by atoms with Gasteiger partial charge in [-0.2, -0.15) is 18.3 Å². The Labute approximate surface area is 110 Å². The topological polar surface area (TPSA) is 36.3 Å². The number of aromatic nitrogens is 2. The van der Waals surface area contributed by atoms with Crippen molar-refractivity contribution in [3.8, 4) is 0 Å². The van der Waals surface area contributed by atoms with Crippen molar-refractivity contribution < 1.29 is 22.6 Å². The first-order valence-electron chi connectivity index (χ1n) is 5.29. The van der Waals surface area contributed by atoms with Gasteiger partial charge in [-0.15, -0.1) is 0 Å². The van der Waals surface area contributed by atoms with Crippen molar-refractivity contribution in [2.24, 2.45) is 0 Å². The minimum atomic E-state index is -4.46. The third kappa shape index (κ3) is 3.04. The number of alkyl halides is 3. The first kappa shape index (κ1) is 13.8. The molecule has 1 atom stereocenters. The maximum Gasteiger partial charge on any atom is 0.436 e. The van der Waals surface area contributed by atoms with Gasteiger partial charge in [-0.3, -0.25) is 4.68 Å². The van der Waals surface area contributed by atoms with Crippen LogP contribution in [-0.4, -0.2) is 28.3 Å². The van der Waals surface area contributed by atoms with Crippen LogP contribution in [0.2, 0.25) is 0 Å². The van der Waals surface area contributed by atoms with E-state index in [9.17, 15) is 13.2 Å². The highest BCUT2D eigenvalue weighted by molar-refractivity contribution is 9.10. The fourth-order valence-electron chi connectivity index (χ4n) is 1.74. The van der Waals surface area contributed by atoms with Crippen molar-refractivity contribution in [1.82, 2.24) is 9.78 Å². The van der Waals surface area contributed by atoms with Crippen LogP contribution in [0.3, 0.4) is 0 Å². The molecule has 0 amide bonds. The van der Waals surface area contributed by atoms with Crippen molar-refractivity contribution in [2.45, 2.75) is 38.5 Å². The molecule has 1 saturated heterocycles. The molecule has 0 aromatic carbocycles. The Morgan fingerprint density at radius 2 is 2.22 bits per heavy atom. The Balaban J connectivity index is 2.08. The van der Waals surface area contributed by atoms with Crippen LogP contribution in [0, 0.1) is 0 Å². The lowest BCUT2D eigenvalue weighted by Crippen LogP contribution is -2.24. The zero-order chi connectivity index (χ0) is 13.6. The average Bonchev–Trinajstić information content (AvgIpc) is 2.69. The van der Waals surface area contributed by atoms with E-state index >= 15 is 0 Å². The van der Waals surface area contributed by atoms with Gasteiger partial charge in [0.15, 0.2) is 11.5 Å². The van der Waals surface area contributed by atoms with Crippen molar-refractivity contribution in [3.63, 3.8) is 0 Å². The Morgan fingerprint density at radius 1 is 1.56 bits per heavy atom. The highest BCUT2D eigenvalue weighted by Gasteiger charge is 2.38. The maximum absolute atomic E-state index is 12.5. The predicted molar refractivity (Wildman–Crippen MR) is 59.8 cm³/mol. The number of halogens is 4. The molecule has 0 saturated carbocycles. The summed E-state index contributed by atoms with van der Waals surface area (Å²) in [5.41, 5.74) is -0.930. The van der Waals surface area contributed by atoms with Crippen LogP contribution in [0.25, 0.3) is 0 Å². The molecular formula is C10H12BrF3N2O2. The van der Waals surface area contributed by atoms with Gasteiger partial charge in [0.05, 0.1) is 17.6 Å². The Hall–Kier alpha value is -0.600.